The molecule has 3 rings (SSSR count). The van der Waals surface area contributed by atoms with Gasteiger partial charge in [-0.15, -0.1) is 0 Å². The quantitative estimate of drug-likeness (QED) is 0.896. The van der Waals surface area contributed by atoms with E-state index >= 15 is 0 Å². The number of benzene rings is 1. The fraction of sp³-hybridized carbons (Fsp3) is 0.188. The molecular formula is C16H16ClN3O2. The van der Waals surface area contributed by atoms with Crippen LogP contribution in [0.15, 0.2) is 64.8 Å². The first-order chi connectivity index (χ1) is 10.7. The Balaban J connectivity index is 1.88. The number of rotatable bonds is 4. The molecule has 0 radical (unpaired) electrons. The summed E-state index contributed by atoms with van der Waals surface area (Å²) in [5.41, 5.74) is 1.63. The van der Waals surface area contributed by atoms with E-state index < -0.39 is 0 Å². The van der Waals surface area contributed by atoms with Crippen molar-refractivity contribution in [2.24, 2.45) is 4.99 Å². The van der Waals surface area contributed by atoms with E-state index in [1.54, 1.807) is 7.11 Å². The summed E-state index contributed by atoms with van der Waals surface area (Å²) < 4.78 is 5.21. The highest BCUT2D eigenvalue weighted by atomic mass is 35.5. The number of amidine groups is 1. The number of fused-ring (bicyclic) bond motifs is 1. The van der Waals surface area contributed by atoms with Gasteiger partial charge in [-0.25, -0.2) is 4.99 Å². The van der Waals surface area contributed by atoms with Gasteiger partial charge in [-0.2, -0.15) is 0 Å². The maximum Gasteiger partial charge on any atom is 0.136 e. The van der Waals surface area contributed by atoms with E-state index in [0.717, 1.165) is 22.9 Å². The van der Waals surface area contributed by atoms with Crippen molar-refractivity contribution in [2.75, 3.05) is 25.6 Å². The highest BCUT2D eigenvalue weighted by molar-refractivity contribution is 6.30. The third-order valence-corrected chi connectivity index (χ3v) is 3.65. The summed E-state index contributed by atoms with van der Waals surface area (Å²) in [5.74, 6) is 2.19. The first-order valence-electron chi connectivity index (χ1n) is 6.84. The van der Waals surface area contributed by atoms with Gasteiger partial charge in [0.05, 0.1) is 20.3 Å². The van der Waals surface area contributed by atoms with Crippen molar-refractivity contribution < 1.29 is 9.84 Å². The van der Waals surface area contributed by atoms with Gasteiger partial charge in [0, 0.05) is 22.5 Å². The van der Waals surface area contributed by atoms with Gasteiger partial charge in [-0.1, -0.05) is 17.7 Å². The summed E-state index contributed by atoms with van der Waals surface area (Å²) in [4.78, 5) is 6.51. The Kier molecular flexibility index (Phi) is 4.18. The lowest BCUT2D eigenvalue weighted by Gasteiger charge is -2.30. The number of anilines is 1. The number of aliphatic hydroxyl groups is 1. The van der Waals surface area contributed by atoms with Crippen molar-refractivity contribution >= 4 is 23.1 Å². The van der Waals surface area contributed by atoms with Crippen LogP contribution in [-0.4, -0.2) is 36.1 Å². The SMILES string of the molecule is COC1=CN2CC(CO)=C(Nc3cccc(Cl)c3)N=C2C=C1. The van der Waals surface area contributed by atoms with Crippen molar-refractivity contribution in [3.8, 4) is 0 Å². The normalized spacial score (nSPS) is 17.0. The molecule has 1 aromatic carbocycles. The van der Waals surface area contributed by atoms with E-state index in [2.05, 4.69) is 10.3 Å². The largest absolute Gasteiger partial charge is 0.495 e. The molecule has 0 unspecified atom stereocenters. The van der Waals surface area contributed by atoms with Gasteiger partial charge >= 0.3 is 0 Å². The van der Waals surface area contributed by atoms with E-state index in [1.807, 2.05) is 47.5 Å². The molecule has 114 valence electrons. The molecule has 5 nitrogen and oxygen atoms in total. The van der Waals surface area contributed by atoms with Gasteiger partial charge in [0.2, 0.25) is 0 Å². The number of allylic oxidation sites excluding steroid dienone is 1. The molecule has 2 aliphatic heterocycles. The topological polar surface area (TPSA) is 57.1 Å². The number of hydrogen-bond donors (Lipinski definition) is 2. The first-order valence-corrected chi connectivity index (χ1v) is 7.22. The van der Waals surface area contributed by atoms with Crippen LogP contribution in [0.25, 0.3) is 0 Å². The fourth-order valence-corrected chi connectivity index (χ4v) is 2.47. The molecule has 0 amide bonds. The lowest BCUT2D eigenvalue weighted by Crippen LogP contribution is -2.34. The molecule has 0 fully saturated rings. The molecule has 6 heteroatoms. The van der Waals surface area contributed by atoms with Crippen LogP contribution in [0.4, 0.5) is 5.69 Å². The van der Waals surface area contributed by atoms with Gasteiger partial charge in [-0.3, -0.25) is 0 Å². The predicted molar refractivity (Wildman–Crippen MR) is 87.6 cm³/mol. The Morgan fingerprint density at radius 1 is 1.41 bits per heavy atom. The lowest BCUT2D eigenvalue weighted by atomic mass is 10.1. The molecule has 2 aliphatic rings. The predicted octanol–water partition coefficient (Wildman–Crippen LogP) is 2.73. The molecule has 2 heterocycles. The van der Waals surface area contributed by atoms with Gasteiger partial charge in [0.1, 0.15) is 17.4 Å². The second-order valence-corrected chi connectivity index (χ2v) is 5.35. The van der Waals surface area contributed by atoms with Crippen molar-refractivity contribution in [2.45, 2.75) is 0 Å². The van der Waals surface area contributed by atoms with Gasteiger partial charge < -0.3 is 20.1 Å². The third-order valence-electron chi connectivity index (χ3n) is 3.41. The van der Waals surface area contributed by atoms with Crippen molar-refractivity contribution in [3.05, 3.63) is 64.8 Å². The summed E-state index contributed by atoms with van der Waals surface area (Å²) >= 11 is 5.99. The molecule has 0 saturated carbocycles. The van der Waals surface area contributed by atoms with Crippen LogP contribution in [0.5, 0.6) is 0 Å². The summed E-state index contributed by atoms with van der Waals surface area (Å²) in [6.45, 7) is 0.478. The maximum absolute atomic E-state index is 9.62. The van der Waals surface area contributed by atoms with Crippen LogP contribution in [0, 0.1) is 0 Å². The monoisotopic (exact) mass is 317 g/mol. The highest BCUT2D eigenvalue weighted by Gasteiger charge is 2.21. The minimum absolute atomic E-state index is 0.0734. The summed E-state index contributed by atoms with van der Waals surface area (Å²) in [5, 5.41) is 13.5. The number of methoxy groups -OCH3 is 1. The number of ether oxygens (including phenoxy) is 1. The zero-order valence-electron chi connectivity index (χ0n) is 12.1. The summed E-state index contributed by atoms with van der Waals surface area (Å²) in [6.07, 6.45) is 5.60. The lowest BCUT2D eigenvalue weighted by molar-refractivity contribution is 0.292. The second kappa shape index (κ2) is 6.25. The van der Waals surface area contributed by atoms with Crippen LogP contribution >= 0.6 is 11.6 Å². The fourth-order valence-electron chi connectivity index (χ4n) is 2.28. The second-order valence-electron chi connectivity index (χ2n) is 4.91. The minimum Gasteiger partial charge on any atom is -0.495 e. The summed E-state index contributed by atoms with van der Waals surface area (Å²) in [6, 6.07) is 7.39. The van der Waals surface area contributed by atoms with Crippen LogP contribution in [0.3, 0.4) is 0 Å². The molecule has 0 saturated heterocycles. The average Bonchev–Trinajstić information content (AvgIpc) is 2.53. The Morgan fingerprint density at radius 3 is 3.00 bits per heavy atom. The number of aliphatic hydroxyl groups excluding tert-OH is 1. The van der Waals surface area contributed by atoms with E-state index in [0.29, 0.717) is 17.4 Å². The van der Waals surface area contributed by atoms with E-state index in [9.17, 15) is 5.11 Å². The number of halogens is 1. The van der Waals surface area contributed by atoms with Crippen LogP contribution in [0.2, 0.25) is 5.02 Å². The van der Waals surface area contributed by atoms with Gasteiger partial charge in [0.25, 0.3) is 0 Å². The van der Waals surface area contributed by atoms with Crippen molar-refractivity contribution in [1.82, 2.24) is 4.90 Å². The zero-order chi connectivity index (χ0) is 15.5. The average molecular weight is 318 g/mol. The smallest absolute Gasteiger partial charge is 0.136 e. The Hall–Kier alpha value is -2.24. The number of aliphatic imine (C=N–C) groups is 1. The van der Waals surface area contributed by atoms with E-state index in [1.165, 1.54) is 0 Å². The van der Waals surface area contributed by atoms with Crippen LogP contribution < -0.4 is 5.32 Å². The number of hydrogen-bond acceptors (Lipinski definition) is 5. The number of nitrogens with one attached hydrogen (secondary N) is 1. The number of nitrogens with zero attached hydrogens (tertiary/aromatic N) is 2. The standard InChI is InChI=1S/C16H16ClN3O2/c1-22-14-5-6-15-19-16(11(10-21)8-20(15)9-14)18-13-4-2-3-12(17)7-13/h2-7,9,18,21H,8,10H2,1H3. The Bertz CT molecular complexity index is 707. The molecule has 2 N–H and O–H groups in total. The molecule has 0 bridgehead atoms. The van der Waals surface area contributed by atoms with E-state index in [-0.39, 0.29) is 6.61 Å². The molecule has 0 aliphatic carbocycles. The zero-order valence-corrected chi connectivity index (χ0v) is 12.8. The summed E-state index contributed by atoms with van der Waals surface area (Å²) in [7, 11) is 1.62. The molecule has 1 aromatic rings. The van der Waals surface area contributed by atoms with Crippen molar-refractivity contribution in [3.63, 3.8) is 0 Å². The maximum atomic E-state index is 9.62. The third kappa shape index (κ3) is 3.00. The van der Waals surface area contributed by atoms with Gasteiger partial charge in [0.15, 0.2) is 0 Å². The van der Waals surface area contributed by atoms with E-state index in [4.69, 9.17) is 16.3 Å². The Labute approximate surface area is 133 Å². The highest BCUT2D eigenvalue weighted by Crippen LogP contribution is 2.23. The minimum atomic E-state index is -0.0734. The van der Waals surface area contributed by atoms with Crippen molar-refractivity contribution in [1.29, 1.82) is 0 Å². The molecule has 0 atom stereocenters. The first kappa shape index (κ1) is 14.7. The van der Waals surface area contributed by atoms with Crippen LogP contribution in [-0.2, 0) is 4.74 Å². The molecule has 0 aromatic heterocycles. The van der Waals surface area contributed by atoms with Crippen LogP contribution in [0.1, 0.15) is 0 Å². The Morgan fingerprint density at radius 2 is 2.27 bits per heavy atom. The van der Waals surface area contributed by atoms with Gasteiger partial charge in [-0.05, 0) is 30.4 Å². The molecular weight excluding hydrogens is 302 g/mol. The molecule has 22 heavy (non-hydrogen) atoms. The molecule has 0 spiro atoms.